The summed E-state index contributed by atoms with van der Waals surface area (Å²) in [5, 5.41) is 8.23. The average molecular weight is 245 g/mol. The third-order valence-electron chi connectivity index (χ3n) is 3.27. The van der Waals surface area contributed by atoms with Crippen LogP contribution >= 0.6 is 0 Å². The SMILES string of the molecule is CNC(=O)Cn1nc2cc(C(C)C)ccc2c1C. The number of nitrogens with zero attached hydrogens (tertiary/aromatic N) is 2. The molecular formula is C14H19N3O. The summed E-state index contributed by atoms with van der Waals surface area (Å²) in [6.45, 7) is 6.59. The molecule has 1 amide bonds. The highest BCUT2D eigenvalue weighted by molar-refractivity contribution is 5.83. The van der Waals surface area contributed by atoms with Crippen molar-refractivity contribution in [2.75, 3.05) is 7.05 Å². The van der Waals surface area contributed by atoms with E-state index in [-0.39, 0.29) is 12.5 Å². The fraction of sp³-hybridized carbons (Fsp3) is 0.429. The second-order valence-electron chi connectivity index (χ2n) is 4.85. The number of hydrogen-bond donors (Lipinski definition) is 1. The standard InChI is InChI=1S/C14H19N3O/c1-9(2)11-5-6-12-10(3)17(8-14(18)15-4)16-13(12)7-11/h5-7,9H,8H2,1-4H3,(H,15,18). The highest BCUT2D eigenvalue weighted by Crippen LogP contribution is 2.23. The van der Waals surface area contributed by atoms with Gasteiger partial charge in [-0.15, -0.1) is 0 Å². The van der Waals surface area contributed by atoms with Crippen LogP contribution in [0, 0.1) is 6.92 Å². The monoisotopic (exact) mass is 245 g/mol. The fourth-order valence-corrected chi connectivity index (χ4v) is 2.01. The molecule has 0 spiro atoms. The Bertz CT molecular complexity index is 584. The molecule has 4 heteroatoms. The zero-order valence-electron chi connectivity index (χ0n) is 11.3. The van der Waals surface area contributed by atoms with Crippen molar-refractivity contribution in [2.45, 2.75) is 33.2 Å². The van der Waals surface area contributed by atoms with E-state index in [9.17, 15) is 4.79 Å². The maximum Gasteiger partial charge on any atom is 0.241 e. The summed E-state index contributed by atoms with van der Waals surface area (Å²) in [7, 11) is 1.64. The molecule has 1 aromatic carbocycles. The van der Waals surface area contributed by atoms with Gasteiger partial charge in [-0.25, -0.2) is 0 Å². The second-order valence-corrected chi connectivity index (χ2v) is 4.85. The molecule has 0 saturated carbocycles. The van der Waals surface area contributed by atoms with Crippen molar-refractivity contribution < 1.29 is 4.79 Å². The lowest BCUT2D eigenvalue weighted by Crippen LogP contribution is -2.24. The quantitative estimate of drug-likeness (QED) is 0.901. The molecule has 2 aromatic rings. The maximum absolute atomic E-state index is 11.4. The van der Waals surface area contributed by atoms with E-state index in [0.717, 1.165) is 16.6 Å². The molecule has 0 aliphatic heterocycles. The number of carbonyl (C=O) groups excluding carboxylic acids is 1. The van der Waals surface area contributed by atoms with Crippen LogP contribution in [0.1, 0.15) is 31.0 Å². The van der Waals surface area contributed by atoms with Crippen molar-refractivity contribution in [3.8, 4) is 0 Å². The molecule has 0 aliphatic carbocycles. The summed E-state index contributed by atoms with van der Waals surface area (Å²) < 4.78 is 1.76. The Labute approximate surface area is 107 Å². The van der Waals surface area contributed by atoms with E-state index in [2.05, 4.69) is 42.5 Å². The van der Waals surface area contributed by atoms with Crippen LogP contribution in [-0.2, 0) is 11.3 Å². The van der Waals surface area contributed by atoms with Gasteiger partial charge in [-0.05, 0) is 24.5 Å². The Morgan fingerprint density at radius 3 is 2.78 bits per heavy atom. The van der Waals surface area contributed by atoms with Crippen LogP contribution in [0.3, 0.4) is 0 Å². The van der Waals surface area contributed by atoms with Crippen molar-refractivity contribution >= 4 is 16.8 Å². The van der Waals surface area contributed by atoms with Crippen molar-refractivity contribution in [1.29, 1.82) is 0 Å². The molecule has 0 unspecified atom stereocenters. The topological polar surface area (TPSA) is 46.9 Å². The molecule has 1 heterocycles. The largest absolute Gasteiger partial charge is 0.358 e. The van der Waals surface area contributed by atoms with Crippen molar-refractivity contribution in [1.82, 2.24) is 15.1 Å². The van der Waals surface area contributed by atoms with Gasteiger partial charge in [0, 0.05) is 18.1 Å². The molecule has 1 N–H and O–H groups in total. The molecule has 96 valence electrons. The van der Waals surface area contributed by atoms with Gasteiger partial charge in [-0.2, -0.15) is 5.10 Å². The zero-order chi connectivity index (χ0) is 13.3. The van der Waals surface area contributed by atoms with Gasteiger partial charge in [0.15, 0.2) is 0 Å². The van der Waals surface area contributed by atoms with Gasteiger partial charge in [0.1, 0.15) is 6.54 Å². The fourth-order valence-electron chi connectivity index (χ4n) is 2.01. The minimum Gasteiger partial charge on any atom is -0.358 e. The first-order valence-corrected chi connectivity index (χ1v) is 6.20. The lowest BCUT2D eigenvalue weighted by Gasteiger charge is -2.03. The van der Waals surface area contributed by atoms with E-state index in [1.165, 1.54) is 5.56 Å². The average Bonchev–Trinajstić information content (AvgIpc) is 2.65. The molecule has 0 bridgehead atoms. The van der Waals surface area contributed by atoms with E-state index in [1.807, 2.05) is 6.92 Å². The smallest absolute Gasteiger partial charge is 0.241 e. The molecule has 0 radical (unpaired) electrons. The van der Waals surface area contributed by atoms with Crippen molar-refractivity contribution in [3.63, 3.8) is 0 Å². The number of carbonyl (C=O) groups is 1. The number of nitrogens with one attached hydrogen (secondary N) is 1. The maximum atomic E-state index is 11.4. The Hall–Kier alpha value is -1.84. The number of aromatic nitrogens is 2. The van der Waals surface area contributed by atoms with Crippen molar-refractivity contribution in [3.05, 3.63) is 29.5 Å². The molecule has 4 nitrogen and oxygen atoms in total. The predicted molar refractivity (Wildman–Crippen MR) is 72.6 cm³/mol. The minimum atomic E-state index is -0.0324. The number of fused-ring (bicyclic) bond motifs is 1. The van der Waals surface area contributed by atoms with Crippen LogP contribution in [0.25, 0.3) is 10.9 Å². The van der Waals surface area contributed by atoms with Gasteiger partial charge < -0.3 is 5.32 Å². The lowest BCUT2D eigenvalue weighted by atomic mass is 10.0. The van der Waals surface area contributed by atoms with E-state index >= 15 is 0 Å². The molecule has 18 heavy (non-hydrogen) atoms. The Balaban J connectivity index is 2.45. The van der Waals surface area contributed by atoms with Crippen LogP contribution < -0.4 is 5.32 Å². The third kappa shape index (κ3) is 2.23. The van der Waals surface area contributed by atoms with Crippen molar-refractivity contribution in [2.24, 2.45) is 0 Å². The first-order chi connectivity index (χ1) is 8.52. The highest BCUT2D eigenvalue weighted by Gasteiger charge is 2.11. The van der Waals surface area contributed by atoms with Crippen LogP contribution in [-0.4, -0.2) is 22.7 Å². The number of benzene rings is 1. The molecule has 2 rings (SSSR count). The van der Waals surface area contributed by atoms with Crippen LogP contribution in [0.4, 0.5) is 0 Å². The lowest BCUT2D eigenvalue weighted by molar-refractivity contribution is -0.121. The van der Waals surface area contributed by atoms with Gasteiger partial charge in [0.2, 0.25) is 5.91 Å². The molecule has 0 aliphatic rings. The predicted octanol–water partition coefficient (Wildman–Crippen LogP) is 2.21. The normalized spacial score (nSPS) is 11.2. The van der Waals surface area contributed by atoms with Gasteiger partial charge in [0.05, 0.1) is 5.52 Å². The summed E-state index contributed by atoms with van der Waals surface area (Å²) in [6.07, 6.45) is 0. The molecular weight excluding hydrogens is 226 g/mol. The van der Waals surface area contributed by atoms with E-state index in [0.29, 0.717) is 5.92 Å². The summed E-state index contributed by atoms with van der Waals surface area (Å²) in [5.74, 6) is 0.453. The first kappa shape index (κ1) is 12.6. The first-order valence-electron chi connectivity index (χ1n) is 6.20. The minimum absolute atomic E-state index is 0.0324. The van der Waals surface area contributed by atoms with Gasteiger partial charge >= 0.3 is 0 Å². The van der Waals surface area contributed by atoms with Gasteiger partial charge in [-0.1, -0.05) is 26.0 Å². The van der Waals surface area contributed by atoms with Crippen LogP contribution in [0.5, 0.6) is 0 Å². The third-order valence-corrected chi connectivity index (χ3v) is 3.27. The Morgan fingerprint density at radius 2 is 2.17 bits per heavy atom. The Kier molecular flexibility index (Phi) is 3.36. The molecule has 0 saturated heterocycles. The summed E-state index contributed by atoms with van der Waals surface area (Å²) in [4.78, 5) is 11.4. The van der Waals surface area contributed by atoms with Gasteiger partial charge in [0.25, 0.3) is 0 Å². The zero-order valence-corrected chi connectivity index (χ0v) is 11.3. The number of rotatable bonds is 3. The van der Waals surface area contributed by atoms with E-state index in [4.69, 9.17) is 0 Å². The van der Waals surface area contributed by atoms with Crippen LogP contribution in [0.15, 0.2) is 18.2 Å². The number of aryl methyl sites for hydroxylation is 1. The number of hydrogen-bond acceptors (Lipinski definition) is 2. The van der Waals surface area contributed by atoms with E-state index in [1.54, 1.807) is 11.7 Å². The van der Waals surface area contributed by atoms with E-state index < -0.39 is 0 Å². The number of amides is 1. The summed E-state index contributed by atoms with van der Waals surface area (Å²) >= 11 is 0. The Morgan fingerprint density at radius 1 is 1.44 bits per heavy atom. The van der Waals surface area contributed by atoms with Crippen LogP contribution in [0.2, 0.25) is 0 Å². The second kappa shape index (κ2) is 4.80. The summed E-state index contributed by atoms with van der Waals surface area (Å²) in [6, 6.07) is 6.33. The molecule has 1 aromatic heterocycles. The molecule has 0 atom stereocenters. The highest BCUT2D eigenvalue weighted by atomic mass is 16.1. The van der Waals surface area contributed by atoms with Gasteiger partial charge in [-0.3, -0.25) is 9.48 Å². The number of likely N-dealkylation sites (N-methyl/N-ethyl adjacent to an activating group) is 1. The molecule has 0 fully saturated rings. The summed E-state index contributed by atoms with van der Waals surface area (Å²) in [5.41, 5.74) is 3.26.